The Hall–Kier alpha value is -9.20. The minimum Gasteiger partial charge on any atom is -0.314 e. The van der Waals surface area contributed by atoms with E-state index < -0.39 is 0 Å². The monoisotopic (exact) mass is 1060 g/mol. The number of rotatable bonds is 10. The average Bonchev–Trinajstić information content (AvgIpc) is 2.91. The van der Waals surface area contributed by atoms with Crippen molar-refractivity contribution < 1.29 is 0 Å². The Bertz CT molecular complexity index is 4050. The minimum absolute atomic E-state index is 0.0303. The van der Waals surface area contributed by atoms with Crippen molar-refractivity contribution in [3.63, 3.8) is 0 Å². The van der Waals surface area contributed by atoms with Gasteiger partial charge in [0.15, 0.2) is 0 Å². The first kappa shape index (κ1) is 51.3. The van der Waals surface area contributed by atoms with Crippen molar-refractivity contribution in [2.24, 2.45) is 0 Å². The highest BCUT2D eigenvalue weighted by molar-refractivity contribution is 8.00. The molecule has 0 spiro atoms. The van der Waals surface area contributed by atoms with E-state index in [1.165, 1.54) is 43.0 Å². The van der Waals surface area contributed by atoms with Crippen LogP contribution in [0.3, 0.4) is 0 Å². The van der Waals surface area contributed by atoms with Gasteiger partial charge in [0.2, 0.25) is 6.71 Å². The van der Waals surface area contributed by atoms with E-state index in [2.05, 4.69) is 299 Å². The van der Waals surface area contributed by atoms with Gasteiger partial charge in [-0.3, -0.25) is 0 Å². The van der Waals surface area contributed by atoms with Crippen LogP contribution in [0.15, 0.2) is 252 Å². The van der Waals surface area contributed by atoms with Crippen LogP contribution in [0.25, 0.3) is 33.4 Å². The first-order valence-electron chi connectivity index (χ1n) is 28.1. The Morgan fingerprint density at radius 2 is 1.19 bits per heavy atom. The molecule has 6 heteroatoms. The molecule has 81 heavy (non-hydrogen) atoms. The van der Waals surface area contributed by atoms with Crippen molar-refractivity contribution in [2.45, 2.75) is 75.0 Å². The highest BCUT2D eigenvalue weighted by Crippen LogP contribution is 2.49. The van der Waals surface area contributed by atoms with Crippen LogP contribution in [-0.4, -0.2) is 6.71 Å². The van der Waals surface area contributed by atoms with E-state index >= 15 is 0 Å². The molecule has 13 rings (SSSR count). The molecule has 0 saturated carbocycles. The zero-order valence-electron chi connectivity index (χ0n) is 46.7. The predicted octanol–water partition coefficient (Wildman–Crippen LogP) is 18.4. The second-order valence-corrected chi connectivity index (χ2v) is 24.5. The zero-order chi connectivity index (χ0) is 55.4. The fraction of sp³-hybridized carbons (Fsp3) is 0.133. The summed E-state index contributed by atoms with van der Waals surface area (Å²) in [5.74, 6) is 0. The SMILES string of the molecule is CC(C)(C)c1ccc(N(c2ccc(C(C)(C)C)cc2)c2ccc3c(c2)Sc2cccc4c2B3c2ccc(-c3cc(N(C5=CC=CCC5)c5ccccc5)c(-c5c#cccc5)cc3C#N)cc2N4c2ccccc2-c2ccccc2)cc1. The van der Waals surface area contributed by atoms with Crippen LogP contribution in [-0.2, 0) is 10.8 Å². The molecule has 0 radical (unpaired) electrons. The molecule has 4 nitrogen and oxygen atoms in total. The molecule has 0 N–H and O–H groups in total. The van der Waals surface area contributed by atoms with Crippen LogP contribution in [0.4, 0.5) is 45.5 Å². The molecule has 10 aromatic carbocycles. The first-order valence-corrected chi connectivity index (χ1v) is 29.0. The molecule has 0 fully saturated rings. The van der Waals surface area contributed by atoms with Gasteiger partial charge in [-0.2, -0.15) is 5.26 Å². The van der Waals surface area contributed by atoms with E-state index in [0.717, 1.165) is 91.7 Å². The highest BCUT2D eigenvalue weighted by atomic mass is 32.2. The molecule has 10 aromatic rings. The van der Waals surface area contributed by atoms with Crippen LogP contribution in [0.2, 0.25) is 0 Å². The molecule has 0 unspecified atom stereocenters. The number of allylic oxidation sites excluding steroid dienone is 4. The van der Waals surface area contributed by atoms with Crippen molar-refractivity contribution in [2.75, 3.05) is 14.7 Å². The van der Waals surface area contributed by atoms with Gasteiger partial charge >= 0.3 is 0 Å². The Balaban J connectivity index is 1.02. The predicted molar refractivity (Wildman–Crippen MR) is 342 cm³/mol. The summed E-state index contributed by atoms with van der Waals surface area (Å²) in [4.78, 5) is 9.75. The van der Waals surface area contributed by atoms with E-state index in [4.69, 9.17) is 0 Å². The molecule has 1 aliphatic carbocycles. The van der Waals surface area contributed by atoms with E-state index in [1.807, 2.05) is 23.9 Å². The maximum Gasteiger partial charge on any atom is 0.249 e. The molecule has 0 amide bonds. The van der Waals surface area contributed by atoms with E-state index in [1.54, 1.807) is 0 Å². The van der Waals surface area contributed by atoms with Crippen LogP contribution >= 0.6 is 11.8 Å². The van der Waals surface area contributed by atoms with Gasteiger partial charge < -0.3 is 14.7 Å². The average molecular weight is 1060 g/mol. The normalized spacial score (nSPS) is 13.3. The molecule has 0 atom stereocenters. The quantitative estimate of drug-likeness (QED) is 0.128. The molecule has 2 aliphatic heterocycles. The van der Waals surface area contributed by atoms with Crippen molar-refractivity contribution in [1.29, 1.82) is 5.26 Å². The van der Waals surface area contributed by atoms with Crippen molar-refractivity contribution >= 4 is 80.4 Å². The Morgan fingerprint density at radius 1 is 0.531 bits per heavy atom. The largest absolute Gasteiger partial charge is 0.314 e. The van der Waals surface area contributed by atoms with Gasteiger partial charge in [0.1, 0.15) is 0 Å². The summed E-state index contributed by atoms with van der Waals surface area (Å²) in [6.45, 7) is 13.6. The van der Waals surface area contributed by atoms with Crippen LogP contribution in [0.5, 0.6) is 0 Å². The second kappa shape index (κ2) is 20.8. The van der Waals surface area contributed by atoms with Gasteiger partial charge in [-0.25, -0.2) is 0 Å². The second-order valence-electron chi connectivity index (χ2n) is 23.4. The van der Waals surface area contributed by atoms with Crippen LogP contribution in [0, 0.1) is 23.5 Å². The third-order valence-electron chi connectivity index (χ3n) is 16.2. The van der Waals surface area contributed by atoms with Gasteiger partial charge in [-0.05, 0) is 160 Å². The van der Waals surface area contributed by atoms with Crippen LogP contribution in [0.1, 0.15) is 71.1 Å². The van der Waals surface area contributed by atoms with E-state index in [-0.39, 0.29) is 17.5 Å². The summed E-state index contributed by atoms with van der Waals surface area (Å²) >= 11 is 1.87. The standard InChI is InChI=1S/C75H61BN4S/c1-74(2,3)55-35-39-59(40-36-55)78(60-41-37-56(38-42-60)75(4,5)6)61-43-45-66-72(48-61)81-71-33-21-32-68-73(71)76(66)65-44-34-53(47-70(65)80(68)67-31-20-19-30-62(67)51-22-11-7-12-23-51)63-49-69(64(46-54(63)50-77)52-24-13-8-14-25-52)79(57-26-15-9-16-27-57)58-28-17-10-18-29-58/h7-13,15-17,19-24,26-28,30-49H,18,29H2,1-6H3. The molecular weight excluding hydrogens is 1000 g/mol. The van der Waals surface area contributed by atoms with E-state index in [9.17, 15) is 5.26 Å². The van der Waals surface area contributed by atoms with Gasteiger partial charge in [-0.1, -0.05) is 204 Å². The number of anilines is 8. The Morgan fingerprint density at radius 3 is 1.85 bits per heavy atom. The summed E-state index contributed by atoms with van der Waals surface area (Å²) in [6, 6.07) is 88.8. The maximum absolute atomic E-state index is 11.3. The fourth-order valence-electron chi connectivity index (χ4n) is 12.1. The van der Waals surface area contributed by atoms with Gasteiger partial charge in [0.25, 0.3) is 0 Å². The van der Waals surface area contributed by atoms with Gasteiger partial charge in [-0.15, -0.1) is 0 Å². The molecule has 390 valence electrons. The molecule has 0 bridgehead atoms. The lowest BCUT2D eigenvalue weighted by molar-refractivity contribution is 0.590. The molecular formula is C75H61BN4S. The summed E-state index contributed by atoms with van der Waals surface area (Å²) in [7, 11) is 0. The number of nitrogens with zero attached hydrogens (tertiary/aromatic N) is 4. The smallest absolute Gasteiger partial charge is 0.249 e. The van der Waals surface area contributed by atoms with E-state index in [0.29, 0.717) is 5.56 Å². The lowest BCUT2D eigenvalue weighted by atomic mass is 9.35. The number of benzene rings is 9. The molecule has 2 heterocycles. The topological polar surface area (TPSA) is 33.5 Å². The molecule has 0 aromatic heterocycles. The summed E-state index contributed by atoms with van der Waals surface area (Å²) in [5.41, 5.74) is 22.8. The van der Waals surface area contributed by atoms with Crippen molar-refractivity contribution in [3.05, 3.63) is 271 Å². The third-order valence-corrected chi connectivity index (χ3v) is 17.3. The fourth-order valence-corrected chi connectivity index (χ4v) is 13.3. The highest BCUT2D eigenvalue weighted by Gasteiger charge is 2.42. The summed E-state index contributed by atoms with van der Waals surface area (Å²) < 4.78 is 0. The number of hydrogen-bond donors (Lipinski definition) is 0. The van der Waals surface area contributed by atoms with Gasteiger partial charge in [0, 0.05) is 71.9 Å². The number of para-hydroxylation sites is 2. The molecule has 3 aliphatic rings. The Kier molecular flexibility index (Phi) is 13.2. The summed E-state index contributed by atoms with van der Waals surface area (Å²) in [6.07, 6.45) is 8.42. The van der Waals surface area contributed by atoms with Crippen molar-refractivity contribution in [3.8, 4) is 39.4 Å². The number of nitriles is 1. The van der Waals surface area contributed by atoms with Crippen molar-refractivity contribution in [1.82, 2.24) is 0 Å². The Labute approximate surface area is 483 Å². The van der Waals surface area contributed by atoms with Crippen LogP contribution < -0.4 is 31.1 Å². The lowest BCUT2D eigenvalue weighted by Gasteiger charge is -2.41. The zero-order valence-corrected chi connectivity index (χ0v) is 47.5. The maximum atomic E-state index is 11.3. The van der Waals surface area contributed by atoms with Gasteiger partial charge in [0.05, 0.1) is 23.0 Å². The number of fused-ring (bicyclic) bond motifs is 4. The minimum atomic E-state index is -0.0746. The molecule has 0 saturated heterocycles. The summed E-state index contributed by atoms with van der Waals surface area (Å²) in [5, 5.41) is 11.3. The lowest BCUT2D eigenvalue weighted by Crippen LogP contribution is -2.59. The third kappa shape index (κ3) is 9.50. The first-order chi connectivity index (χ1) is 39.4. The number of hydrogen-bond acceptors (Lipinski definition) is 5.